The first-order valence-electron chi connectivity index (χ1n) is 6.15. The van der Waals surface area contributed by atoms with E-state index in [2.05, 4.69) is 4.98 Å². The summed E-state index contributed by atoms with van der Waals surface area (Å²) in [6, 6.07) is 8.05. The zero-order chi connectivity index (χ0) is 15.4. The minimum Gasteiger partial charge on any atom is -0.496 e. The Morgan fingerprint density at radius 3 is 2.10 bits per heavy atom. The normalized spacial score (nSPS) is 10.0. The smallest absolute Gasteiger partial charge is 0.337 e. The molecule has 110 valence electrons. The van der Waals surface area contributed by atoms with E-state index in [1.165, 1.54) is 12.1 Å². The van der Waals surface area contributed by atoms with Crippen LogP contribution in [-0.2, 0) is 0 Å². The van der Waals surface area contributed by atoms with E-state index in [1.807, 2.05) is 0 Å². The fraction of sp³-hybridized carbons (Fsp3) is 0.200. The highest BCUT2D eigenvalue weighted by Crippen LogP contribution is 2.30. The minimum absolute atomic E-state index is 0.144. The SMILES string of the molecule is COc1cc(OC)cc(Oc2ccc(C(=O)O)c(C)n2)c1. The molecule has 1 N–H and O–H groups in total. The van der Waals surface area contributed by atoms with E-state index in [4.69, 9.17) is 19.3 Å². The first kappa shape index (κ1) is 14.6. The summed E-state index contributed by atoms with van der Waals surface area (Å²) in [6.45, 7) is 1.61. The summed E-state index contributed by atoms with van der Waals surface area (Å²) in [4.78, 5) is 15.1. The monoisotopic (exact) mass is 289 g/mol. The number of aryl methyl sites for hydroxylation is 1. The Morgan fingerprint density at radius 2 is 1.62 bits per heavy atom. The van der Waals surface area contributed by atoms with Crippen LogP contribution in [0.5, 0.6) is 23.1 Å². The third-order valence-electron chi connectivity index (χ3n) is 2.84. The minimum atomic E-state index is -1.02. The van der Waals surface area contributed by atoms with Crippen molar-refractivity contribution in [1.29, 1.82) is 0 Å². The molecule has 0 unspecified atom stereocenters. The number of ether oxygens (including phenoxy) is 3. The van der Waals surface area contributed by atoms with Crippen molar-refractivity contribution in [3.63, 3.8) is 0 Å². The molecule has 0 spiro atoms. The Balaban J connectivity index is 2.29. The van der Waals surface area contributed by atoms with Crippen LogP contribution in [0.1, 0.15) is 16.1 Å². The van der Waals surface area contributed by atoms with Crippen LogP contribution in [0.2, 0.25) is 0 Å². The molecular formula is C15H15NO5. The van der Waals surface area contributed by atoms with E-state index in [9.17, 15) is 4.79 Å². The zero-order valence-electron chi connectivity index (χ0n) is 11.9. The molecule has 6 heteroatoms. The van der Waals surface area contributed by atoms with Gasteiger partial charge in [-0.15, -0.1) is 0 Å². The average molecular weight is 289 g/mol. The molecule has 1 heterocycles. The largest absolute Gasteiger partial charge is 0.496 e. The lowest BCUT2D eigenvalue weighted by molar-refractivity contribution is 0.0695. The van der Waals surface area contributed by atoms with Gasteiger partial charge in [-0.1, -0.05) is 0 Å². The number of aromatic nitrogens is 1. The number of carbonyl (C=O) groups is 1. The third kappa shape index (κ3) is 3.42. The highest BCUT2D eigenvalue weighted by molar-refractivity contribution is 5.88. The number of carboxylic acid groups (broad SMARTS) is 1. The van der Waals surface area contributed by atoms with Crippen molar-refractivity contribution in [3.8, 4) is 23.1 Å². The van der Waals surface area contributed by atoms with Crippen LogP contribution in [0, 0.1) is 6.92 Å². The molecule has 2 aromatic rings. The lowest BCUT2D eigenvalue weighted by Crippen LogP contribution is -2.02. The summed E-state index contributed by atoms with van der Waals surface area (Å²) in [7, 11) is 3.09. The van der Waals surface area contributed by atoms with Gasteiger partial charge >= 0.3 is 5.97 Å². The van der Waals surface area contributed by atoms with E-state index in [0.29, 0.717) is 28.8 Å². The first-order valence-corrected chi connectivity index (χ1v) is 6.15. The zero-order valence-corrected chi connectivity index (χ0v) is 11.9. The van der Waals surface area contributed by atoms with Gasteiger partial charge in [-0.3, -0.25) is 0 Å². The number of benzene rings is 1. The average Bonchev–Trinajstić information content (AvgIpc) is 2.46. The van der Waals surface area contributed by atoms with Gasteiger partial charge in [0.1, 0.15) is 17.2 Å². The summed E-state index contributed by atoms with van der Waals surface area (Å²) in [5.74, 6) is 0.940. The summed E-state index contributed by atoms with van der Waals surface area (Å²) < 4.78 is 15.9. The molecular weight excluding hydrogens is 274 g/mol. The molecule has 0 aliphatic heterocycles. The fourth-order valence-electron chi connectivity index (χ4n) is 1.78. The topological polar surface area (TPSA) is 77.9 Å². The van der Waals surface area contributed by atoms with Crippen molar-refractivity contribution in [2.75, 3.05) is 14.2 Å². The molecule has 0 atom stereocenters. The lowest BCUT2D eigenvalue weighted by Gasteiger charge is -2.10. The molecule has 1 aromatic carbocycles. The summed E-state index contributed by atoms with van der Waals surface area (Å²) in [5.41, 5.74) is 0.528. The maximum absolute atomic E-state index is 10.9. The predicted molar refractivity (Wildman–Crippen MR) is 75.6 cm³/mol. The Morgan fingerprint density at radius 1 is 1.05 bits per heavy atom. The van der Waals surface area contributed by atoms with Crippen molar-refractivity contribution >= 4 is 5.97 Å². The summed E-state index contributed by atoms with van der Waals surface area (Å²) in [5, 5.41) is 8.97. The van der Waals surface area contributed by atoms with E-state index in [0.717, 1.165) is 0 Å². The van der Waals surface area contributed by atoms with E-state index >= 15 is 0 Å². The van der Waals surface area contributed by atoms with Crippen molar-refractivity contribution in [3.05, 3.63) is 41.6 Å². The van der Waals surface area contributed by atoms with Gasteiger partial charge in [-0.25, -0.2) is 9.78 Å². The number of hydrogen-bond donors (Lipinski definition) is 1. The van der Waals surface area contributed by atoms with Gasteiger partial charge < -0.3 is 19.3 Å². The highest BCUT2D eigenvalue weighted by atomic mass is 16.5. The quantitative estimate of drug-likeness (QED) is 0.911. The van der Waals surface area contributed by atoms with Crippen LogP contribution >= 0.6 is 0 Å². The predicted octanol–water partition coefficient (Wildman–Crippen LogP) is 2.90. The molecule has 0 aliphatic rings. The summed E-state index contributed by atoms with van der Waals surface area (Å²) >= 11 is 0. The second kappa shape index (κ2) is 6.13. The Bertz CT molecular complexity index is 647. The third-order valence-corrected chi connectivity index (χ3v) is 2.84. The first-order chi connectivity index (χ1) is 10.0. The number of methoxy groups -OCH3 is 2. The van der Waals surface area contributed by atoms with Crippen molar-refractivity contribution < 1.29 is 24.1 Å². The van der Waals surface area contributed by atoms with Crippen molar-refractivity contribution in [1.82, 2.24) is 4.98 Å². The maximum atomic E-state index is 10.9. The molecule has 6 nitrogen and oxygen atoms in total. The number of aromatic carboxylic acids is 1. The van der Waals surface area contributed by atoms with Crippen LogP contribution in [0.15, 0.2) is 30.3 Å². The molecule has 21 heavy (non-hydrogen) atoms. The molecule has 0 saturated heterocycles. The van der Waals surface area contributed by atoms with Crippen LogP contribution < -0.4 is 14.2 Å². The second-order valence-corrected chi connectivity index (χ2v) is 4.24. The molecule has 0 radical (unpaired) electrons. The van der Waals surface area contributed by atoms with Gasteiger partial charge in [0.25, 0.3) is 0 Å². The second-order valence-electron chi connectivity index (χ2n) is 4.24. The van der Waals surface area contributed by atoms with Crippen LogP contribution in [0.4, 0.5) is 0 Å². The Kier molecular flexibility index (Phi) is 4.27. The van der Waals surface area contributed by atoms with E-state index in [-0.39, 0.29) is 5.56 Å². The molecule has 1 aromatic heterocycles. The van der Waals surface area contributed by atoms with Gasteiger partial charge in [-0.05, 0) is 13.0 Å². The van der Waals surface area contributed by atoms with E-state index < -0.39 is 5.97 Å². The molecule has 0 saturated carbocycles. The van der Waals surface area contributed by atoms with Crippen molar-refractivity contribution in [2.45, 2.75) is 6.92 Å². The van der Waals surface area contributed by atoms with Gasteiger partial charge in [0.2, 0.25) is 5.88 Å². The van der Waals surface area contributed by atoms with Gasteiger partial charge in [0.05, 0.1) is 25.5 Å². The Hall–Kier alpha value is -2.76. The fourth-order valence-corrected chi connectivity index (χ4v) is 1.78. The lowest BCUT2D eigenvalue weighted by atomic mass is 10.2. The maximum Gasteiger partial charge on any atom is 0.337 e. The van der Waals surface area contributed by atoms with Gasteiger partial charge in [-0.2, -0.15) is 0 Å². The van der Waals surface area contributed by atoms with Gasteiger partial charge in [0, 0.05) is 24.3 Å². The highest BCUT2D eigenvalue weighted by Gasteiger charge is 2.10. The number of nitrogens with zero attached hydrogens (tertiary/aromatic N) is 1. The molecule has 0 amide bonds. The number of pyridine rings is 1. The van der Waals surface area contributed by atoms with Crippen molar-refractivity contribution in [2.24, 2.45) is 0 Å². The van der Waals surface area contributed by atoms with Crippen LogP contribution in [-0.4, -0.2) is 30.3 Å². The number of rotatable bonds is 5. The summed E-state index contributed by atoms with van der Waals surface area (Å²) in [6.07, 6.45) is 0. The van der Waals surface area contributed by atoms with Crippen LogP contribution in [0.3, 0.4) is 0 Å². The molecule has 2 rings (SSSR count). The molecule has 0 bridgehead atoms. The van der Waals surface area contributed by atoms with Gasteiger partial charge in [0.15, 0.2) is 0 Å². The molecule has 0 aliphatic carbocycles. The van der Waals surface area contributed by atoms with Crippen LogP contribution in [0.25, 0.3) is 0 Å². The standard InChI is InChI=1S/C15H15NO5/c1-9-13(15(17)18)4-5-14(16-9)21-12-7-10(19-2)6-11(8-12)20-3/h4-8H,1-3H3,(H,17,18). The number of hydrogen-bond acceptors (Lipinski definition) is 5. The Labute approximate surface area is 121 Å². The molecule has 0 fully saturated rings. The van der Waals surface area contributed by atoms with E-state index in [1.54, 1.807) is 39.3 Å². The number of carboxylic acids is 1.